The van der Waals surface area contributed by atoms with Crippen LogP contribution in [-0.4, -0.2) is 68.2 Å². The number of aromatic nitrogens is 4. The Balaban J connectivity index is 1.83. The molecular formula is C14H18N6O. The van der Waals surface area contributed by atoms with Gasteiger partial charge in [-0.15, -0.1) is 0 Å². The first-order valence-corrected chi connectivity index (χ1v) is 6.95. The zero-order valence-corrected chi connectivity index (χ0v) is 12.2. The molecule has 7 heteroatoms. The normalized spacial score (nSPS) is 19.7. The lowest BCUT2D eigenvalue weighted by Crippen LogP contribution is -2.52. The van der Waals surface area contributed by atoms with Crippen LogP contribution in [0, 0.1) is 0 Å². The third-order valence-corrected chi connectivity index (χ3v) is 3.74. The predicted molar refractivity (Wildman–Crippen MR) is 77.1 cm³/mol. The van der Waals surface area contributed by atoms with Gasteiger partial charge >= 0.3 is 0 Å². The number of carbonyl (C=O) groups is 1. The smallest absolute Gasteiger partial charge is 0.254 e. The molecule has 1 fully saturated rings. The second-order valence-electron chi connectivity index (χ2n) is 5.35. The summed E-state index contributed by atoms with van der Waals surface area (Å²) in [7, 11) is 2.08. The average molecular weight is 286 g/mol. The fourth-order valence-electron chi connectivity index (χ4n) is 2.61. The molecule has 0 aliphatic carbocycles. The Morgan fingerprint density at radius 2 is 2.24 bits per heavy atom. The molecule has 0 N–H and O–H groups in total. The Kier molecular flexibility index (Phi) is 3.66. The standard InChI is InChI=1S/C14H18N6O/c1-11-8-18(2)5-6-19(11)14(21)12-3-4-16-13(7-12)20-10-15-9-17-20/h3-4,7,9-11H,5-6,8H2,1-2H3/t11-/m1/s1. The van der Waals surface area contributed by atoms with Gasteiger partial charge in [-0.25, -0.2) is 14.6 Å². The van der Waals surface area contributed by atoms with Crippen molar-refractivity contribution in [3.63, 3.8) is 0 Å². The highest BCUT2D eigenvalue weighted by molar-refractivity contribution is 5.94. The van der Waals surface area contributed by atoms with Gasteiger partial charge in [0.2, 0.25) is 0 Å². The zero-order valence-electron chi connectivity index (χ0n) is 12.2. The van der Waals surface area contributed by atoms with Crippen molar-refractivity contribution in [1.82, 2.24) is 29.5 Å². The number of likely N-dealkylation sites (N-methyl/N-ethyl adjacent to an activating group) is 1. The fraction of sp³-hybridized carbons (Fsp3) is 0.429. The molecule has 0 radical (unpaired) electrons. The molecular weight excluding hydrogens is 268 g/mol. The number of pyridine rings is 1. The lowest BCUT2D eigenvalue weighted by Gasteiger charge is -2.38. The van der Waals surface area contributed by atoms with Gasteiger partial charge in [0, 0.05) is 37.4 Å². The monoisotopic (exact) mass is 286 g/mol. The van der Waals surface area contributed by atoms with Gasteiger partial charge in [-0.1, -0.05) is 0 Å². The first kappa shape index (κ1) is 13.7. The molecule has 1 amide bonds. The van der Waals surface area contributed by atoms with Gasteiger partial charge in [0.1, 0.15) is 12.7 Å². The Labute approximate surface area is 123 Å². The van der Waals surface area contributed by atoms with E-state index >= 15 is 0 Å². The number of hydrogen-bond donors (Lipinski definition) is 0. The van der Waals surface area contributed by atoms with Gasteiger partial charge in [-0.2, -0.15) is 5.10 Å². The molecule has 0 unspecified atom stereocenters. The van der Waals surface area contributed by atoms with E-state index < -0.39 is 0 Å². The Morgan fingerprint density at radius 3 is 2.95 bits per heavy atom. The van der Waals surface area contributed by atoms with Crippen molar-refractivity contribution < 1.29 is 4.79 Å². The summed E-state index contributed by atoms with van der Waals surface area (Å²) in [5.41, 5.74) is 0.631. The number of carbonyl (C=O) groups excluding carboxylic acids is 1. The molecule has 1 atom stereocenters. The highest BCUT2D eigenvalue weighted by atomic mass is 16.2. The molecule has 21 heavy (non-hydrogen) atoms. The largest absolute Gasteiger partial charge is 0.333 e. The minimum absolute atomic E-state index is 0.0411. The second-order valence-corrected chi connectivity index (χ2v) is 5.35. The molecule has 2 aromatic rings. The zero-order chi connectivity index (χ0) is 14.8. The first-order chi connectivity index (χ1) is 10.1. The minimum atomic E-state index is 0.0411. The van der Waals surface area contributed by atoms with Crippen LogP contribution in [0.25, 0.3) is 5.82 Å². The Morgan fingerprint density at radius 1 is 1.38 bits per heavy atom. The summed E-state index contributed by atoms with van der Waals surface area (Å²) in [5, 5.41) is 4.04. The highest BCUT2D eigenvalue weighted by Crippen LogP contribution is 2.14. The topological polar surface area (TPSA) is 67.2 Å². The maximum atomic E-state index is 12.7. The van der Waals surface area contributed by atoms with Crippen molar-refractivity contribution >= 4 is 5.91 Å². The van der Waals surface area contributed by atoms with Crippen LogP contribution in [0.1, 0.15) is 17.3 Å². The van der Waals surface area contributed by atoms with E-state index in [4.69, 9.17) is 0 Å². The Bertz CT molecular complexity index is 626. The van der Waals surface area contributed by atoms with Crippen LogP contribution in [0.4, 0.5) is 0 Å². The van der Waals surface area contributed by atoms with Crippen molar-refractivity contribution in [2.75, 3.05) is 26.7 Å². The van der Waals surface area contributed by atoms with Crippen molar-refractivity contribution in [3.05, 3.63) is 36.5 Å². The summed E-state index contributed by atoms with van der Waals surface area (Å²) in [6.45, 7) is 4.62. The second kappa shape index (κ2) is 5.61. The van der Waals surface area contributed by atoms with E-state index in [1.165, 1.54) is 6.33 Å². The van der Waals surface area contributed by atoms with Crippen molar-refractivity contribution in [1.29, 1.82) is 0 Å². The van der Waals surface area contributed by atoms with Gasteiger partial charge in [0.15, 0.2) is 5.82 Å². The van der Waals surface area contributed by atoms with E-state index in [0.717, 1.165) is 19.6 Å². The first-order valence-electron chi connectivity index (χ1n) is 6.95. The summed E-state index contributed by atoms with van der Waals surface area (Å²) in [4.78, 5) is 24.9. The average Bonchev–Trinajstić information content (AvgIpc) is 3.01. The molecule has 110 valence electrons. The molecule has 1 aliphatic rings. The van der Waals surface area contributed by atoms with Gasteiger partial charge in [0.25, 0.3) is 5.91 Å². The van der Waals surface area contributed by atoms with E-state index in [1.54, 1.807) is 29.3 Å². The van der Waals surface area contributed by atoms with Gasteiger partial charge in [-0.3, -0.25) is 4.79 Å². The summed E-state index contributed by atoms with van der Waals surface area (Å²) in [6.07, 6.45) is 4.64. The van der Waals surface area contributed by atoms with E-state index in [9.17, 15) is 4.79 Å². The van der Waals surface area contributed by atoms with Crippen LogP contribution in [0.15, 0.2) is 31.0 Å². The van der Waals surface area contributed by atoms with Crippen LogP contribution in [-0.2, 0) is 0 Å². The van der Waals surface area contributed by atoms with E-state index in [1.807, 2.05) is 4.90 Å². The van der Waals surface area contributed by atoms with Gasteiger partial charge in [0.05, 0.1) is 0 Å². The summed E-state index contributed by atoms with van der Waals surface area (Å²) < 4.78 is 1.55. The summed E-state index contributed by atoms with van der Waals surface area (Å²) in [5.74, 6) is 0.638. The van der Waals surface area contributed by atoms with Gasteiger partial charge < -0.3 is 9.80 Å². The highest BCUT2D eigenvalue weighted by Gasteiger charge is 2.26. The molecule has 0 saturated carbocycles. The van der Waals surface area contributed by atoms with Crippen LogP contribution < -0.4 is 0 Å². The Hall–Kier alpha value is -2.28. The molecule has 2 aromatic heterocycles. The molecule has 3 heterocycles. The minimum Gasteiger partial charge on any atom is -0.333 e. The number of piperazine rings is 1. The SMILES string of the molecule is C[C@@H]1CN(C)CCN1C(=O)c1ccnc(-n2cncn2)c1. The predicted octanol–water partition coefficient (Wildman–Crippen LogP) is 0.438. The van der Waals surface area contributed by atoms with E-state index in [-0.39, 0.29) is 11.9 Å². The number of rotatable bonds is 2. The van der Waals surface area contributed by atoms with Crippen LogP contribution in [0.3, 0.4) is 0 Å². The van der Waals surface area contributed by atoms with Gasteiger partial charge in [-0.05, 0) is 26.1 Å². The number of amides is 1. The number of hydrogen-bond acceptors (Lipinski definition) is 5. The van der Waals surface area contributed by atoms with E-state index in [0.29, 0.717) is 11.4 Å². The summed E-state index contributed by atoms with van der Waals surface area (Å²) in [6, 6.07) is 3.70. The van der Waals surface area contributed by atoms with Crippen LogP contribution >= 0.6 is 0 Å². The van der Waals surface area contributed by atoms with Crippen molar-refractivity contribution in [2.45, 2.75) is 13.0 Å². The molecule has 0 spiro atoms. The molecule has 1 aliphatic heterocycles. The maximum absolute atomic E-state index is 12.7. The van der Waals surface area contributed by atoms with Crippen molar-refractivity contribution in [3.8, 4) is 5.82 Å². The van der Waals surface area contributed by atoms with Crippen LogP contribution in [0.2, 0.25) is 0 Å². The molecule has 0 aromatic carbocycles. The molecule has 7 nitrogen and oxygen atoms in total. The lowest BCUT2D eigenvalue weighted by atomic mass is 10.1. The number of nitrogens with zero attached hydrogens (tertiary/aromatic N) is 6. The maximum Gasteiger partial charge on any atom is 0.254 e. The molecule has 0 bridgehead atoms. The molecule has 1 saturated heterocycles. The van der Waals surface area contributed by atoms with E-state index in [2.05, 4.69) is 33.9 Å². The van der Waals surface area contributed by atoms with Crippen LogP contribution in [0.5, 0.6) is 0 Å². The lowest BCUT2D eigenvalue weighted by molar-refractivity contribution is 0.0533. The quantitative estimate of drug-likeness (QED) is 0.801. The fourth-order valence-corrected chi connectivity index (χ4v) is 2.61. The third kappa shape index (κ3) is 2.78. The molecule has 3 rings (SSSR count). The van der Waals surface area contributed by atoms with Crippen molar-refractivity contribution in [2.24, 2.45) is 0 Å². The third-order valence-electron chi connectivity index (χ3n) is 3.74. The summed E-state index contributed by atoms with van der Waals surface area (Å²) >= 11 is 0.